The topological polar surface area (TPSA) is 30.0 Å². The van der Waals surface area contributed by atoms with Gasteiger partial charge in [-0.05, 0) is 6.07 Å². The number of hydrogen-bond donors (Lipinski definition) is 0. The van der Waals surface area contributed by atoms with E-state index >= 15 is 0 Å². The summed E-state index contributed by atoms with van der Waals surface area (Å²) in [6, 6.07) is 0.731. The lowest BCUT2D eigenvalue weighted by atomic mass is 10.2. The Kier molecular flexibility index (Phi) is 2.80. The minimum atomic E-state index is -4.57. The number of carbonyl (C=O) groups excluding carboxylic acids is 1. The molecule has 0 N–H and O–H groups in total. The number of nitrogens with zero attached hydrogens (tertiary/aromatic N) is 1. The molecule has 0 unspecified atom stereocenters. The summed E-state index contributed by atoms with van der Waals surface area (Å²) in [5.74, 6) is -0.596. The van der Waals surface area contributed by atoms with Crippen LogP contribution in [0.5, 0.6) is 0 Å². The Hall–Kier alpha value is -1.10. The summed E-state index contributed by atoms with van der Waals surface area (Å²) < 4.78 is 36.8. The molecule has 0 saturated carbocycles. The van der Waals surface area contributed by atoms with Crippen molar-refractivity contribution in [2.75, 3.05) is 0 Å². The molecular formula is C8H5ClF3NO. The van der Waals surface area contributed by atoms with Gasteiger partial charge in [0.2, 0.25) is 0 Å². The van der Waals surface area contributed by atoms with E-state index in [1.54, 1.807) is 0 Å². The minimum absolute atomic E-state index is 0.360. The van der Waals surface area contributed by atoms with E-state index in [2.05, 4.69) is 4.98 Å². The quantitative estimate of drug-likeness (QED) is 0.685. The molecule has 0 fully saturated rings. The maximum absolute atomic E-state index is 12.3. The summed E-state index contributed by atoms with van der Waals surface area (Å²) in [5, 5.41) is -0.646. The van der Waals surface area contributed by atoms with Crippen molar-refractivity contribution in [3.8, 4) is 0 Å². The molecule has 1 heterocycles. The fourth-order valence-electron chi connectivity index (χ4n) is 0.908. The number of Topliss-reactive ketones (excluding diaryl/α,β-unsaturated/α-hetero) is 1. The highest BCUT2D eigenvalue weighted by molar-refractivity contribution is 6.34. The van der Waals surface area contributed by atoms with Gasteiger partial charge >= 0.3 is 6.18 Å². The molecule has 0 spiro atoms. The van der Waals surface area contributed by atoms with Crippen LogP contribution in [0.2, 0.25) is 5.02 Å². The first-order valence-electron chi connectivity index (χ1n) is 3.56. The lowest BCUT2D eigenvalue weighted by Gasteiger charge is -2.09. The number of halogens is 4. The van der Waals surface area contributed by atoms with E-state index in [9.17, 15) is 18.0 Å². The van der Waals surface area contributed by atoms with Crippen LogP contribution in [-0.2, 0) is 6.18 Å². The molecule has 0 atom stereocenters. The lowest BCUT2D eigenvalue weighted by Crippen LogP contribution is -2.09. The molecule has 1 rings (SSSR count). The van der Waals surface area contributed by atoms with Gasteiger partial charge < -0.3 is 0 Å². The third-order valence-corrected chi connectivity index (χ3v) is 1.91. The smallest absolute Gasteiger partial charge is 0.293 e. The molecule has 2 nitrogen and oxygen atoms in total. The van der Waals surface area contributed by atoms with Crippen molar-refractivity contribution in [3.05, 3.63) is 28.5 Å². The second kappa shape index (κ2) is 3.57. The predicted octanol–water partition coefficient (Wildman–Crippen LogP) is 2.96. The molecule has 14 heavy (non-hydrogen) atoms. The highest BCUT2D eigenvalue weighted by Gasteiger charge is 2.34. The van der Waals surface area contributed by atoms with Crippen molar-refractivity contribution in [2.24, 2.45) is 0 Å². The summed E-state index contributed by atoms with van der Waals surface area (Å²) in [6.07, 6.45) is -3.66. The van der Waals surface area contributed by atoms with E-state index in [4.69, 9.17) is 11.6 Å². The molecule has 0 bridgehead atoms. The maximum atomic E-state index is 12.3. The van der Waals surface area contributed by atoms with Crippen molar-refractivity contribution in [1.29, 1.82) is 0 Å². The molecule has 0 radical (unpaired) electrons. The van der Waals surface area contributed by atoms with Crippen LogP contribution in [0.1, 0.15) is 23.0 Å². The van der Waals surface area contributed by atoms with Crippen molar-refractivity contribution in [1.82, 2.24) is 4.98 Å². The van der Waals surface area contributed by atoms with Gasteiger partial charge in [0, 0.05) is 13.1 Å². The van der Waals surface area contributed by atoms with Crippen LogP contribution in [0.3, 0.4) is 0 Å². The number of alkyl halides is 3. The average Bonchev–Trinajstić information content (AvgIpc) is 2.01. The van der Waals surface area contributed by atoms with Crippen LogP contribution in [0, 0.1) is 0 Å². The fourth-order valence-corrected chi connectivity index (χ4v) is 1.26. The van der Waals surface area contributed by atoms with Crippen molar-refractivity contribution >= 4 is 17.4 Å². The monoisotopic (exact) mass is 223 g/mol. The highest BCUT2D eigenvalue weighted by Crippen LogP contribution is 2.35. The van der Waals surface area contributed by atoms with E-state index in [0.717, 1.165) is 19.2 Å². The molecular weight excluding hydrogens is 219 g/mol. The Balaban J connectivity index is 3.35. The fraction of sp³-hybridized carbons (Fsp3) is 0.250. The van der Waals surface area contributed by atoms with Crippen molar-refractivity contribution in [2.45, 2.75) is 13.1 Å². The first kappa shape index (κ1) is 11.0. The van der Waals surface area contributed by atoms with Crippen LogP contribution in [0.15, 0.2) is 12.3 Å². The second-order valence-corrected chi connectivity index (χ2v) is 2.95. The van der Waals surface area contributed by atoms with Gasteiger partial charge in [-0.3, -0.25) is 9.78 Å². The molecule has 0 aliphatic heterocycles. The van der Waals surface area contributed by atoms with E-state index in [-0.39, 0.29) is 5.69 Å². The van der Waals surface area contributed by atoms with E-state index in [0.29, 0.717) is 0 Å². The van der Waals surface area contributed by atoms with Gasteiger partial charge in [0.1, 0.15) is 5.69 Å². The molecule has 0 aromatic carbocycles. The first-order valence-corrected chi connectivity index (χ1v) is 3.94. The highest BCUT2D eigenvalue weighted by atomic mass is 35.5. The van der Waals surface area contributed by atoms with Crippen molar-refractivity contribution in [3.63, 3.8) is 0 Å². The summed E-state index contributed by atoms with van der Waals surface area (Å²) in [4.78, 5) is 14.3. The first-order chi connectivity index (χ1) is 6.34. The number of ketones is 1. The molecule has 6 heteroatoms. The molecule has 1 aromatic rings. The van der Waals surface area contributed by atoms with Crippen LogP contribution in [-0.4, -0.2) is 10.8 Å². The zero-order valence-electron chi connectivity index (χ0n) is 7.02. The largest absolute Gasteiger partial charge is 0.417 e. The van der Waals surface area contributed by atoms with Gasteiger partial charge in [-0.25, -0.2) is 0 Å². The third-order valence-electron chi connectivity index (χ3n) is 1.53. The van der Waals surface area contributed by atoms with E-state index in [1.165, 1.54) is 0 Å². The second-order valence-electron chi connectivity index (χ2n) is 2.58. The minimum Gasteiger partial charge on any atom is -0.293 e. The molecule has 0 aliphatic rings. The molecule has 0 saturated heterocycles. The number of aromatic nitrogens is 1. The van der Waals surface area contributed by atoms with Gasteiger partial charge in [0.25, 0.3) is 0 Å². The molecule has 76 valence electrons. The zero-order valence-corrected chi connectivity index (χ0v) is 7.78. The van der Waals surface area contributed by atoms with Gasteiger partial charge in [0.15, 0.2) is 5.78 Å². The number of carbonyl (C=O) groups is 1. The van der Waals surface area contributed by atoms with Gasteiger partial charge in [-0.15, -0.1) is 0 Å². The number of rotatable bonds is 1. The Morgan fingerprint density at radius 2 is 2.07 bits per heavy atom. The van der Waals surface area contributed by atoms with Crippen LogP contribution in [0.4, 0.5) is 13.2 Å². The Bertz CT molecular complexity index is 375. The Morgan fingerprint density at radius 3 is 2.50 bits per heavy atom. The maximum Gasteiger partial charge on any atom is 0.417 e. The average molecular weight is 224 g/mol. The van der Waals surface area contributed by atoms with Crippen LogP contribution in [0.25, 0.3) is 0 Å². The summed E-state index contributed by atoms with van der Waals surface area (Å²) in [7, 11) is 0. The molecule has 0 aliphatic carbocycles. The molecule has 0 amide bonds. The Morgan fingerprint density at radius 1 is 1.50 bits per heavy atom. The summed E-state index contributed by atoms with van der Waals surface area (Å²) >= 11 is 5.39. The SMILES string of the molecule is CC(=O)c1nccc(C(F)(F)F)c1Cl. The van der Waals surface area contributed by atoms with Gasteiger partial charge in [0.05, 0.1) is 10.6 Å². The van der Waals surface area contributed by atoms with Crippen LogP contribution >= 0.6 is 11.6 Å². The summed E-state index contributed by atoms with van der Waals surface area (Å²) in [5.41, 5.74) is -1.40. The number of hydrogen-bond acceptors (Lipinski definition) is 2. The summed E-state index contributed by atoms with van der Waals surface area (Å²) in [6.45, 7) is 1.11. The standard InChI is InChI=1S/C8H5ClF3NO/c1-4(14)7-6(9)5(2-3-13-7)8(10,11)12/h2-3H,1H3. The van der Waals surface area contributed by atoms with Gasteiger partial charge in [-0.1, -0.05) is 11.6 Å². The third kappa shape index (κ3) is 2.04. The van der Waals surface area contributed by atoms with E-state index in [1.807, 2.05) is 0 Å². The Labute approximate surface area is 82.7 Å². The number of pyridine rings is 1. The van der Waals surface area contributed by atoms with Crippen LogP contribution < -0.4 is 0 Å². The lowest BCUT2D eigenvalue weighted by molar-refractivity contribution is -0.137. The predicted molar refractivity (Wildman–Crippen MR) is 44.3 cm³/mol. The van der Waals surface area contributed by atoms with E-state index < -0.39 is 22.5 Å². The normalized spacial score (nSPS) is 11.5. The zero-order chi connectivity index (χ0) is 10.9. The molecule has 1 aromatic heterocycles. The van der Waals surface area contributed by atoms with Crippen molar-refractivity contribution < 1.29 is 18.0 Å². The van der Waals surface area contributed by atoms with Gasteiger partial charge in [-0.2, -0.15) is 13.2 Å².